The molecule has 19 heavy (non-hydrogen) atoms. The van der Waals surface area contributed by atoms with E-state index < -0.39 is 0 Å². The molecule has 0 aliphatic carbocycles. The lowest BCUT2D eigenvalue weighted by Gasteiger charge is -2.11. The minimum atomic E-state index is -0.302. The van der Waals surface area contributed by atoms with Crippen LogP contribution in [0.5, 0.6) is 11.5 Å². The van der Waals surface area contributed by atoms with Crippen molar-refractivity contribution in [2.24, 2.45) is 5.73 Å². The summed E-state index contributed by atoms with van der Waals surface area (Å²) in [6.07, 6.45) is 0.893. The molecule has 2 N–H and O–H groups in total. The normalized spacial score (nSPS) is 12.2. The van der Waals surface area contributed by atoms with Gasteiger partial charge in [-0.1, -0.05) is 19.1 Å². The van der Waals surface area contributed by atoms with E-state index in [0.717, 1.165) is 12.0 Å². The van der Waals surface area contributed by atoms with Crippen LogP contribution in [-0.2, 0) is 0 Å². The summed E-state index contributed by atoms with van der Waals surface area (Å²) in [4.78, 5) is 0. The summed E-state index contributed by atoms with van der Waals surface area (Å²) < 4.78 is 19.2. The largest absolute Gasteiger partial charge is 0.456 e. The van der Waals surface area contributed by atoms with Crippen LogP contribution in [0.4, 0.5) is 4.39 Å². The first-order chi connectivity index (χ1) is 9.10. The highest BCUT2D eigenvalue weighted by molar-refractivity contribution is 9.10. The molecule has 0 bridgehead atoms. The van der Waals surface area contributed by atoms with Gasteiger partial charge in [0.25, 0.3) is 0 Å². The molecule has 0 aromatic heterocycles. The summed E-state index contributed by atoms with van der Waals surface area (Å²) in [5.74, 6) is 0.969. The van der Waals surface area contributed by atoms with Gasteiger partial charge in [0.2, 0.25) is 0 Å². The van der Waals surface area contributed by atoms with Crippen molar-refractivity contribution in [2.45, 2.75) is 19.4 Å². The minimum Gasteiger partial charge on any atom is -0.456 e. The van der Waals surface area contributed by atoms with Gasteiger partial charge in [-0.25, -0.2) is 4.39 Å². The van der Waals surface area contributed by atoms with E-state index in [-0.39, 0.29) is 11.9 Å². The van der Waals surface area contributed by atoms with Gasteiger partial charge in [-0.2, -0.15) is 0 Å². The number of hydrogen-bond acceptors (Lipinski definition) is 2. The Kier molecular flexibility index (Phi) is 4.56. The van der Waals surface area contributed by atoms with Gasteiger partial charge in [0.1, 0.15) is 17.3 Å². The molecule has 100 valence electrons. The molecule has 2 nitrogen and oxygen atoms in total. The van der Waals surface area contributed by atoms with E-state index in [4.69, 9.17) is 10.5 Å². The molecule has 0 saturated carbocycles. The molecule has 1 atom stereocenters. The van der Waals surface area contributed by atoms with E-state index in [2.05, 4.69) is 15.9 Å². The first-order valence-corrected chi connectivity index (χ1v) is 6.88. The Labute approximate surface area is 120 Å². The number of benzene rings is 2. The van der Waals surface area contributed by atoms with Crippen LogP contribution in [0.3, 0.4) is 0 Å². The second-order valence-electron chi connectivity index (χ2n) is 4.26. The third-order valence-corrected chi connectivity index (χ3v) is 3.49. The summed E-state index contributed by atoms with van der Waals surface area (Å²) in [6.45, 7) is 2.05. The number of ether oxygens (including phenoxy) is 1. The van der Waals surface area contributed by atoms with Gasteiger partial charge in [-0.05, 0) is 58.2 Å². The van der Waals surface area contributed by atoms with E-state index in [1.165, 1.54) is 12.1 Å². The van der Waals surface area contributed by atoms with E-state index in [0.29, 0.717) is 16.0 Å². The smallest absolute Gasteiger partial charge is 0.141 e. The first-order valence-electron chi connectivity index (χ1n) is 6.08. The summed E-state index contributed by atoms with van der Waals surface area (Å²) in [5.41, 5.74) is 7.02. The van der Waals surface area contributed by atoms with Crippen LogP contribution in [0.15, 0.2) is 46.9 Å². The Bertz CT molecular complexity index is 557. The maximum atomic E-state index is 13.0. The van der Waals surface area contributed by atoms with Crippen molar-refractivity contribution in [1.82, 2.24) is 0 Å². The summed E-state index contributed by atoms with van der Waals surface area (Å²) in [5, 5.41) is 0. The van der Waals surface area contributed by atoms with Crippen LogP contribution in [0.25, 0.3) is 0 Å². The van der Waals surface area contributed by atoms with Gasteiger partial charge in [0.05, 0.1) is 4.47 Å². The predicted molar refractivity (Wildman–Crippen MR) is 77.8 cm³/mol. The Balaban J connectivity index is 2.15. The Morgan fingerprint density at radius 2 is 1.89 bits per heavy atom. The second kappa shape index (κ2) is 6.17. The fraction of sp³-hybridized carbons (Fsp3) is 0.200. The topological polar surface area (TPSA) is 35.2 Å². The number of hydrogen-bond donors (Lipinski definition) is 1. The lowest BCUT2D eigenvalue weighted by atomic mass is 10.1. The van der Waals surface area contributed by atoms with Crippen molar-refractivity contribution < 1.29 is 9.13 Å². The monoisotopic (exact) mass is 323 g/mol. The number of nitrogens with two attached hydrogens (primary N) is 1. The molecule has 0 spiro atoms. The van der Waals surface area contributed by atoms with Crippen LogP contribution >= 0.6 is 15.9 Å². The molecular formula is C15H15BrFNO. The van der Waals surface area contributed by atoms with Gasteiger partial charge in [0, 0.05) is 6.04 Å². The van der Waals surface area contributed by atoms with Crippen molar-refractivity contribution in [2.75, 3.05) is 0 Å². The van der Waals surface area contributed by atoms with E-state index >= 15 is 0 Å². The summed E-state index contributed by atoms with van der Waals surface area (Å²) in [6, 6.07) is 12.0. The molecule has 2 aromatic rings. The van der Waals surface area contributed by atoms with Crippen LogP contribution in [0, 0.1) is 5.82 Å². The zero-order valence-corrected chi connectivity index (χ0v) is 12.2. The van der Waals surface area contributed by atoms with E-state index in [1.54, 1.807) is 6.07 Å². The Morgan fingerprint density at radius 1 is 1.21 bits per heavy atom. The lowest BCUT2D eigenvalue weighted by molar-refractivity contribution is 0.477. The van der Waals surface area contributed by atoms with Crippen molar-refractivity contribution >= 4 is 15.9 Å². The number of rotatable bonds is 4. The fourth-order valence-corrected chi connectivity index (χ4v) is 2.14. The van der Waals surface area contributed by atoms with Gasteiger partial charge >= 0.3 is 0 Å². The first kappa shape index (κ1) is 14.0. The molecule has 0 radical (unpaired) electrons. The Morgan fingerprint density at radius 3 is 2.47 bits per heavy atom. The van der Waals surface area contributed by atoms with Gasteiger partial charge in [-0.15, -0.1) is 0 Å². The molecule has 0 saturated heterocycles. The SMILES string of the molecule is CC[C@@H](N)c1ccc(Oc2ccc(F)cc2Br)cc1. The van der Waals surface area contributed by atoms with Gasteiger partial charge < -0.3 is 10.5 Å². The molecule has 0 unspecified atom stereocenters. The second-order valence-corrected chi connectivity index (χ2v) is 5.11. The van der Waals surface area contributed by atoms with Crippen molar-refractivity contribution in [3.63, 3.8) is 0 Å². The van der Waals surface area contributed by atoms with Crippen molar-refractivity contribution in [3.05, 3.63) is 58.3 Å². The summed E-state index contributed by atoms with van der Waals surface area (Å²) >= 11 is 3.27. The molecule has 0 amide bonds. The minimum absolute atomic E-state index is 0.0478. The van der Waals surface area contributed by atoms with Crippen LogP contribution in [0.1, 0.15) is 24.9 Å². The van der Waals surface area contributed by atoms with E-state index in [1.807, 2.05) is 31.2 Å². The Hall–Kier alpha value is -1.39. The highest BCUT2D eigenvalue weighted by Crippen LogP contribution is 2.30. The van der Waals surface area contributed by atoms with Crippen LogP contribution in [-0.4, -0.2) is 0 Å². The molecule has 0 aliphatic heterocycles. The third kappa shape index (κ3) is 3.55. The quantitative estimate of drug-likeness (QED) is 0.877. The maximum absolute atomic E-state index is 13.0. The number of halogens is 2. The molecule has 2 rings (SSSR count). The maximum Gasteiger partial charge on any atom is 0.141 e. The molecule has 0 heterocycles. The highest BCUT2D eigenvalue weighted by atomic mass is 79.9. The fourth-order valence-electron chi connectivity index (χ4n) is 1.70. The molecule has 4 heteroatoms. The van der Waals surface area contributed by atoms with Crippen LogP contribution < -0.4 is 10.5 Å². The van der Waals surface area contributed by atoms with Crippen LogP contribution in [0.2, 0.25) is 0 Å². The summed E-state index contributed by atoms with van der Waals surface area (Å²) in [7, 11) is 0. The average molecular weight is 324 g/mol. The highest BCUT2D eigenvalue weighted by Gasteiger charge is 2.06. The molecule has 0 fully saturated rings. The van der Waals surface area contributed by atoms with E-state index in [9.17, 15) is 4.39 Å². The van der Waals surface area contributed by atoms with Crippen molar-refractivity contribution in [1.29, 1.82) is 0 Å². The third-order valence-electron chi connectivity index (χ3n) is 2.87. The standard InChI is InChI=1S/C15H15BrFNO/c1-2-14(18)10-3-6-12(7-4-10)19-15-8-5-11(17)9-13(15)16/h3-9,14H,2,18H2,1H3/t14-/m1/s1. The zero-order chi connectivity index (χ0) is 13.8. The predicted octanol–water partition coefficient (Wildman–Crippen LogP) is 4.79. The average Bonchev–Trinajstić information content (AvgIpc) is 2.42. The van der Waals surface area contributed by atoms with Gasteiger partial charge in [0.15, 0.2) is 0 Å². The lowest BCUT2D eigenvalue weighted by Crippen LogP contribution is -2.08. The molecule has 0 aliphatic rings. The molecular weight excluding hydrogens is 309 g/mol. The zero-order valence-electron chi connectivity index (χ0n) is 10.6. The molecule has 2 aromatic carbocycles. The van der Waals surface area contributed by atoms with Gasteiger partial charge in [-0.3, -0.25) is 0 Å². The van der Waals surface area contributed by atoms with Crippen molar-refractivity contribution in [3.8, 4) is 11.5 Å².